The maximum Gasteiger partial charge on any atom is 0.105 e. The number of likely N-dealkylation sites (N-methyl/N-ethyl adjacent to an activating group) is 1. The molecule has 0 amide bonds. The topological polar surface area (TPSA) is 42.3 Å². The summed E-state index contributed by atoms with van der Waals surface area (Å²) in [6.07, 6.45) is 3.32. The predicted octanol–water partition coefficient (Wildman–Crippen LogP) is 1.68. The lowest BCUT2D eigenvalue weighted by Crippen LogP contribution is -2.46. The van der Waals surface area contributed by atoms with Crippen LogP contribution in [0.3, 0.4) is 0 Å². The van der Waals surface area contributed by atoms with E-state index in [0.717, 1.165) is 32.6 Å². The maximum absolute atomic E-state index is 9.33. The van der Waals surface area contributed by atoms with Gasteiger partial charge in [-0.1, -0.05) is 13.8 Å². The Bertz CT molecular complexity index is 299. The van der Waals surface area contributed by atoms with Crippen LogP contribution >= 0.6 is 0 Å². The summed E-state index contributed by atoms with van der Waals surface area (Å²) in [6.45, 7) is 11.7. The molecule has 19 heavy (non-hydrogen) atoms. The van der Waals surface area contributed by atoms with Gasteiger partial charge in [-0.2, -0.15) is 5.26 Å². The molecule has 2 atom stereocenters. The van der Waals surface area contributed by atoms with Gasteiger partial charge >= 0.3 is 0 Å². The molecular weight excluding hydrogens is 236 g/mol. The second-order valence-electron chi connectivity index (χ2n) is 5.94. The highest BCUT2D eigenvalue weighted by Gasteiger charge is 2.27. The molecule has 0 aliphatic carbocycles. The minimum Gasteiger partial charge on any atom is -0.305 e. The molecule has 1 fully saturated rings. The molecule has 4 nitrogen and oxygen atoms in total. The van der Waals surface area contributed by atoms with Crippen LogP contribution in [0.25, 0.3) is 0 Å². The molecule has 0 aromatic rings. The lowest BCUT2D eigenvalue weighted by molar-refractivity contribution is 0.170. The van der Waals surface area contributed by atoms with Crippen molar-refractivity contribution < 1.29 is 0 Å². The zero-order valence-electron chi connectivity index (χ0n) is 13.1. The average molecular weight is 266 g/mol. The van der Waals surface area contributed by atoms with Gasteiger partial charge < -0.3 is 4.90 Å². The zero-order chi connectivity index (χ0) is 14.3. The van der Waals surface area contributed by atoms with E-state index in [2.05, 4.69) is 42.1 Å². The minimum atomic E-state index is -0.384. The molecule has 1 heterocycles. The molecule has 4 heteroatoms. The van der Waals surface area contributed by atoms with Crippen LogP contribution in [-0.4, -0.2) is 61.2 Å². The van der Waals surface area contributed by atoms with Crippen molar-refractivity contribution in [3.05, 3.63) is 0 Å². The smallest absolute Gasteiger partial charge is 0.105 e. The Morgan fingerprint density at radius 1 is 1.37 bits per heavy atom. The molecule has 1 aliphatic rings. The summed E-state index contributed by atoms with van der Waals surface area (Å²) >= 11 is 0. The Balaban J connectivity index is 2.56. The molecule has 0 aromatic heterocycles. The normalized spacial score (nSPS) is 25.5. The Morgan fingerprint density at radius 3 is 2.68 bits per heavy atom. The molecule has 0 bridgehead atoms. The van der Waals surface area contributed by atoms with Crippen LogP contribution in [0, 0.1) is 11.3 Å². The van der Waals surface area contributed by atoms with Crippen LogP contribution in [0.2, 0.25) is 0 Å². The van der Waals surface area contributed by atoms with E-state index in [4.69, 9.17) is 0 Å². The minimum absolute atomic E-state index is 0.384. The molecule has 110 valence electrons. The highest BCUT2D eigenvalue weighted by Crippen LogP contribution is 2.16. The molecule has 0 aromatic carbocycles. The van der Waals surface area contributed by atoms with Gasteiger partial charge in [0.25, 0.3) is 0 Å². The third-order valence-corrected chi connectivity index (χ3v) is 4.21. The molecular formula is C15H30N4. The Morgan fingerprint density at radius 2 is 2.11 bits per heavy atom. The second-order valence-corrected chi connectivity index (χ2v) is 5.94. The first-order chi connectivity index (χ1) is 9.04. The molecule has 1 rings (SSSR count). The van der Waals surface area contributed by atoms with E-state index in [1.165, 1.54) is 19.4 Å². The SMILES string of the molecule is CCNC(C)(C#N)CCN1CCCN(C)CC1CC. The van der Waals surface area contributed by atoms with Gasteiger partial charge in [0.05, 0.1) is 6.07 Å². The van der Waals surface area contributed by atoms with Gasteiger partial charge in [0.15, 0.2) is 0 Å². The Hall–Kier alpha value is -0.630. The van der Waals surface area contributed by atoms with E-state index in [1.54, 1.807) is 0 Å². The summed E-state index contributed by atoms with van der Waals surface area (Å²) in [5.74, 6) is 0. The van der Waals surface area contributed by atoms with Crippen molar-refractivity contribution in [3.63, 3.8) is 0 Å². The van der Waals surface area contributed by atoms with E-state index in [1.807, 2.05) is 6.92 Å². The summed E-state index contributed by atoms with van der Waals surface area (Å²) in [7, 11) is 2.21. The van der Waals surface area contributed by atoms with Crippen LogP contribution in [-0.2, 0) is 0 Å². The van der Waals surface area contributed by atoms with Crippen LogP contribution in [0.5, 0.6) is 0 Å². The molecule has 0 radical (unpaired) electrons. The fourth-order valence-electron chi connectivity index (χ4n) is 2.92. The van der Waals surface area contributed by atoms with Crippen LogP contribution < -0.4 is 5.32 Å². The van der Waals surface area contributed by atoms with Crippen molar-refractivity contribution in [3.8, 4) is 6.07 Å². The zero-order valence-corrected chi connectivity index (χ0v) is 13.1. The van der Waals surface area contributed by atoms with Gasteiger partial charge in [0, 0.05) is 19.1 Å². The van der Waals surface area contributed by atoms with E-state index in [-0.39, 0.29) is 5.54 Å². The molecule has 1 aliphatic heterocycles. The quantitative estimate of drug-likeness (QED) is 0.794. The largest absolute Gasteiger partial charge is 0.305 e. The third-order valence-electron chi connectivity index (χ3n) is 4.21. The summed E-state index contributed by atoms with van der Waals surface area (Å²) in [5.41, 5.74) is -0.384. The van der Waals surface area contributed by atoms with E-state index >= 15 is 0 Å². The van der Waals surface area contributed by atoms with Crippen molar-refractivity contribution in [1.29, 1.82) is 5.26 Å². The fourth-order valence-corrected chi connectivity index (χ4v) is 2.92. The number of rotatable bonds is 6. The molecule has 0 saturated carbocycles. The summed E-state index contributed by atoms with van der Waals surface area (Å²) in [6, 6.07) is 3.06. The van der Waals surface area contributed by atoms with Crippen molar-refractivity contribution in [2.75, 3.05) is 39.8 Å². The number of nitrogens with one attached hydrogen (secondary N) is 1. The highest BCUT2D eigenvalue weighted by molar-refractivity contribution is 5.04. The third kappa shape index (κ3) is 5.10. The summed E-state index contributed by atoms with van der Waals surface area (Å²) in [4.78, 5) is 5.01. The maximum atomic E-state index is 9.33. The van der Waals surface area contributed by atoms with Crippen LogP contribution in [0.4, 0.5) is 0 Å². The standard InChI is InChI=1S/C15H30N4/c1-5-14-12-18(4)9-7-10-19(14)11-8-15(3,13-16)17-6-2/h14,17H,5-12H2,1-4H3. The van der Waals surface area contributed by atoms with E-state index in [0.29, 0.717) is 6.04 Å². The summed E-state index contributed by atoms with van der Waals surface area (Å²) < 4.78 is 0. The molecule has 0 spiro atoms. The first-order valence-corrected chi connectivity index (χ1v) is 7.63. The molecule has 1 saturated heterocycles. The van der Waals surface area contributed by atoms with Crippen molar-refractivity contribution >= 4 is 0 Å². The summed E-state index contributed by atoms with van der Waals surface area (Å²) in [5, 5.41) is 12.6. The van der Waals surface area contributed by atoms with Crippen molar-refractivity contribution in [1.82, 2.24) is 15.1 Å². The first-order valence-electron chi connectivity index (χ1n) is 7.63. The fraction of sp³-hybridized carbons (Fsp3) is 0.933. The monoisotopic (exact) mass is 266 g/mol. The van der Waals surface area contributed by atoms with Gasteiger partial charge in [-0.15, -0.1) is 0 Å². The first kappa shape index (κ1) is 16.4. The average Bonchev–Trinajstić information content (AvgIpc) is 2.58. The Kier molecular flexibility index (Phi) is 6.78. The van der Waals surface area contributed by atoms with Gasteiger partial charge in [-0.3, -0.25) is 10.2 Å². The number of hydrogen-bond donors (Lipinski definition) is 1. The van der Waals surface area contributed by atoms with Gasteiger partial charge in [0.2, 0.25) is 0 Å². The highest BCUT2D eigenvalue weighted by atomic mass is 15.2. The molecule has 2 unspecified atom stereocenters. The van der Waals surface area contributed by atoms with E-state index < -0.39 is 0 Å². The van der Waals surface area contributed by atoms with Gasteiger partial charge in [-0.05, 0) is 52.9 Å². The second kappa shape index (κ2) is 7.84. The predicted molar refractivity (Wildman–Crippen MR) is 80.1 cm³/mol. The van der Waals surface area contributed by atoms with Gasteiger partial charge in [-0.25, -0.2) is 0 Å². The van der Waals surface area contributed by atoms with Gasteiger partial charge in [0.1, 0.15) is 5.54 Å². The Labute approximate surface area is 118 Å². The van der Waals surface area contributed by atoms with Crippen molar-refractivity contribution in [2.45, 2.75) is 51.6 Å². The number of nitrogens with zero attached hydrogens (tertiary/aromatic N) is 3. The molecule has 1 N–H and O–H groups in total. The van der Waals surface area contributed by atoms with E-state index in [9.17, 15) is 5.26 Å². The van der Waals surface area contributed by atoms with Crippen LogP contribution in [0.15, 0.2) is 0 Å². The van der Waals surface area contributed by atoms with Crippen LogP contribution in [0.1, 0.15) is 40.0 Å². The number of nitriles is 1. The lowest BCUT2D eigenvalue weighted by Gasteiger charge is -2.33. The number of hydrogen-bond acceptors (Lipinski definition) is 4. The lowest BCUT2D eigenvalue weighted by atomic mass is 9.99. The van der Waals surface area contributed by atoms with Crippen molar-refractivity contribution in [2.24, 2.45) is 0 Å².